The molecular formula is C15H14. The second-order valence-corrected chi connectivity index (χ2v) is 3.65. The average Bonchev–Trinajstić information content (AvgIpc) is 2.27. The lowest BCUT2D eigenvalue weighted by Crippen LogP contribution is -1.88. The van der Waals surface area contributed by atoms with Crippen LogP contribution in [-0.4, -0.2) is 0 Å². The van der Waals surface area contributed by atoms with Crippen LogP contribution in [0.4, 0.5) is 0 Å². The van der Waals surface area contributed by atoms with Crippen molar-refractivity contribution in [3.05, 3.63) is 60.2 Å². The standard InChI is InChI=1S/C15H14/c1-4-13-11(3)10-12-8-6-7-9-15(12)14(13)5-2/h4-10H,1-2H2,3H3. The maximum absolute atomic E-state index is 3.88. The summed E-state index contributed by atoms with van der Waals surface area (Å²) in [4.78, 5) is 0. The predicted molar refractivity (Wildman–Crippen MR) is 68.9 cm³/mol. The van der Waals surface area contributed by atoms with Gasteiger partial charge in [-0.2, -0.15) is 0 Å². The first kappa shape index (κ1) is 9.72. The number of benzene rings is 2. The molecule has 0 saturated heterocycles. The van der Waals surface area contributed by atoms with Crippen LogP contribution in [-0.2, 0) is 0 Å². The van der Waals surface area contributed by atoms with Gasteiger partial charge in [-0.15, -0.1) is 0 Å². The van der Waals surface area contributed by atoms with E-state index < -0.39 is 0 Å². The maximum atomic E-state index is 3.88. The Morgan fingerprint density at radius 1 is 1.00 bits per heavy atom. The summed E-state index contributed by atoms with van der Waals surface area (Å²) < 4.78 is 0. The van der Waals surface area contributed by atoms with E-state index in [1.165, 1.54) is 27.5 Å². The van der Waals surface area contributed by atoms with Crippen molar-refractivity contribution in [3.63, 3.8) is 0 Å². The predicted octanol–water partition coefficient (Wildman–Crippen LogP) is 4.43. The van der Waals surface area contributed by atoms with Crippen LogP contribution in [0.2, 0.25) is 0 Å². The molecule has 0 aromatic heterocycles. The molecule has 0 unspecified atom stereocenters. The van der Waals surface area contributed by atoms with Gasteiger partial charge in [-0.3, -0.25) is 0 Å². The molecule has 0 aliphatic rings. The Morgan fingerprint density at radius 2 is 1.67 bits per heavy atom. The number of aryl methyl sites for hydroxylation is 1. The van der Waals surface area contributed by atoms with Gasteiger partial charge >= 0.3 is 0 Å². The fourth-order valence-electron chi connectivity index (χ4n) is 2.03. The van der Waals surface area contributed by atoms with E-state index in [1.54, 1.807) is 0 Å². The van der Waals surface area contributed by atoms with E-state index in [-0.39, 0.29) is 0 Å². The number of rotatable bonds is 2. The third-order valence-corrected chi connectivity index (χ3v) is 2.75. The van der Waals surface area contributed by atoms with Crippen molar-refractivity contribution < 1.29 is 0 Å². The molecule has 2 aromatic rings. The molecule has 0 heteroatoms. The quantitative estimate of drug-likeness (QED) is 0.663. The Kier molecular flexibility index (Phi) is 2.42. The van der Waals surface area contributed by atoms with Gasteiger partial charge in [0.2, 0.25) is 0 Å². The van der Waals surface area contributed by atoms with E-state index in [4.69, 9.17) is 0 Å². The van der Waals surface area contributed by atoms with E-state index in [2.05, 4.69) is 50.4 Å². The van der Waals surface area contributed by atoms with E-state index >= 15 is 0 Å². The van der Waals surface area contributed by atoms with Crippen molar-refractivity contribution in [2.24, 2.45) is 0 Å². The Labute approximate surface area is 90.6 Å². The van der Waals surface area contributed by atoms with Gasteiger partial charge in [0, 0.05) is 0 Å². The highest BCUT2D eigenvalue weighted by atomic mass is 14.1. The van der Waals surface area contributed by atoms with Crippen LogP contribution in [0.5, 0.6) is 0 Å². The summed E-state index contributed by atoms with van der Waals surface area (Å²) in [6.07, 6.45) is 3.81. The van der Waals surface area contributed by atoms with Crippen LogP contribution >= 0.6 is 0 Å². The normalized spacial score (nSPS) is 10.2. The zero-order valence-corrected chi connectivity index (χ0v) is 8.96. The molecule has 0 N–H and O–H groups in total. The lowest BCUT2D eigenvalue weighted by atomic mass is 9.95. The van der Waals surface area contributed by atoms with Gasteiger partial charge < -0.3 is 0 Å². The van der Waals surface area contributed by atoms with Crippen molar-refractivity contribution in [1.82, 2.24) is 0 Å². The van der Waals surface area contributed by atoms with Crippen LogP contribution in [0.15, 0.2) is 43.5 Å². The van der Waals surface area contributed by atoms with Gasteiger partial charge in [-0.05, 0) is 34.4 Å². The molecule has 0 bridgehead atoms. The van der Waals surface area contributed by atoms with E-state index in [1.807, 2.05) is 12.2 Å². The summed E-state index contributed by atoms with van der Waals surface area (Å²) in [5.41, 5.74) is 3.61. The molecule has 0 fully saturated rings. The van der Waals surface area contributed by atoms with Crippen molar-refractivity contribution in [3.8, 4) is 0 Å². The van der Waals surface area contributed by atoms with Gasteiger partial charge in [-0.1, -0.05) is 55.6 Å². The molecule has 0 radical (unpaired) electrons. The van der Waals surface area contributed by atoms with Crippen molar-refractivity contribution >= 4 is 22.9 Å². The zero-order chi connectivity index (χ0) is 10.8. The highest BCUT2D eigenvalue weighted by Gasteiger charge is 2.05. The van der Waals surface area contributed by atoms with Crippen LogP contribution in [0, 0.1) is 6.92 Å². The molecule has 0 aliphatic carbocycles. The highest BCUT2D eigenvalue weighted by molar-refractivity contribution is 5.94. The summed E-state index contributed by atoms with van der Waals surface area (Å²) >= 11 is 0. The van der Waals surface area contributed by atoms with Gasteiger partial charge in [0.25, 0.3) is 0 Å². The lowest BCUT2D eigenvalue weighted by molar-refractivity contribution is 1.46. The Hall–Kier alpha value is -1.82. The summed E-state index contributed by atoms with van der Waals surface area (Å²) in [6.45, 7) is 9.85. The average molecular weight is 194 g/mol. The molecule has 2 rings (SSSR count). The fourth-order valence-corrected chi connectivity index (χ4v) is 2.03. The second kappa shape index (κ2) is 3.74. The first-order valence-corrected chi connectivity index (χ1v) is 5.05. The highest BCUT2D eigenvalue weighted by Crippen LogP contribution is 2.27. The Balaban J connectivity index is 2.97. The van der Waals surface area contributed by atoms with Crippen molar-refractivity contribution in [2.45, 2.75) is 6.92 Å². The summed E-state index contributed by atoms with van der Waals surface area (Å²) in [6, 6.07) is 10.6. The van der Waals surface area contributed by atoms with Crippen LogP contribution in [0.25, 0.3) is 22.9 Å². The monoisotopic (exact) mass is 194 g/mol. The first-order valence-electron chi connectivity index (χ1n) is 5.05. The molecule has 0 saturated carbocycles. The molecule has 0 heterocycles. The Bertz CT molecular complexity index is 533. The van der Waals surface area contributed by atoms with Gasteiger partial charge in [-0.25, -0.2) is 0 Å². The first-order chi connectivity index (χ1) is 7.27. The molecular weight excluding hydrogens is 180 g/mol. The smallest absolute Gasteiger partial charge is 0.0105 e. The third-order valence-electron chi connectivity index (χ3n) is 2.75. The minimum Gasteiger partial charge on any atom is -0.0984 e. The minimum absolute atomic E-state index is 1.18. The van der Waals surface area contributed by atoms with E-state index in [0.717, 1.165) is 0 Å². The maximum Gasteiger partial charge on any atom is -0.0105 e. The molecule has 0 nitrogen and oxygen atoms in total. The van der Waals surface area contributed by atoms with Crippen LogP contribution in [0.1, 0.15) is 16.7 Å². The van der Waals surface area contributed by atoms with Crippen LogP contribution < -0.4 is 0 Å². The number of hydrogen-bond acceptors (Lipinski definition) is 0. The van der Waals surface area contributed by atoms with Crippen molar-refractivity contribution in [1.29, 1.82) is 0 Å². The fraction of sp³-hybridized carbons (Fsp3) is 0.0667. The molecule has 0 aliphatic heterocycles. The van der Waals surface area contributed by atoms with Gasteiger partial charge in [0.1, 0.15) is 0 Å². The minimum atomic E-state index is 1.18. The summed E-state index contributed by atoms with van der Waals surface area (Å²) in [5.74, 6) is 0. The second-order valence-electron chi connectivity index (χ2n) is 3.65. The van der Waals surface area contributed by atoms with E-state index in [0.29, 0.717) is 0 Å². The SMILES string of the molecule is C=Cc1c(C)cc2ccccc2c1C=C. The number of hydrogen-bond donors (Lipinski definition) is 0. The summed E-state index contributed by atoms with van der Waals surface area (Å²) in [7, 11) is 0. The topological polar surface area (TPSA) is 0 Å². The Morgan fingerprint density at radius 3 is 2.33 bits per heavy atom. The molecule has 0 spiro atoms. The van der Waals surface area contributed by atoms with Crippen LogP contribution in [0.3, 0.4) is 0 Å². The van der Waals surface area contributed by atoms with Crippen molar-refractivity contribution in [2.75, 3.05) is 0 Å². The number of fused-ring (bicyclic) bond motifs is 1. The third kappa shape index (κ3) is 1.48. The lowest BCUT2D eigenvalue weighted by Gasteiger charge is -2.10. The largest absolute Gasteiger partial charge is 0.0984 e. The molecule has 15 heavy (non-hydrogen) atoms. The summed E-state index contributed by atoms with van der Waals surface area (Å²) in [5, 5.41) is 2.50. The molecule has 74 valence electrons. The zero-order valence-electron chi connectivity index (χ0n) is 8.96. The van der Waals surface area contributed by atoms with E-state index in [9.17, 15) is 0 Å². The molecule has 0 amide bonds. The molecule has 2 aromatic carbocycles. The molecule has 0 atom stereocenters. The van der Waals surface area contributed by atoms with Gasteiger partial charge in [0.15, 0.2) is 0 Å². The van der Waals surface area contributed by atoms with Gasteiger partial charge in [0.05, 0.1) is 0 Å².